The molecule has 6 heteroatoms. The zero-order valence-corrected chi connectivity index (χ0v) is 15.5. The highest BCUT2D eigenvalue weighted by Gasteiger charge is 2.50. The lowest BCUT2D eigenvalue weighted by Crippen LogP contribution is -2.53. The monoisotopic (exact) mass is 355 g/mol. The number of hydrogen-bond acceptors (Lipinski definition) is 5. The Bertz CT molecular complexity index is 838. The zero-order chi connectivity index (χ0) is 18.2. The first kappa shape index (κ1) is 17.2. The third-order valence-corrected chi connectivity index (χ3v) is 5.07. The van der Waals surface area contributed by atoms with E-state index in [0.29, 0.717) is 18.9 Å². The molecule has 2 atom stereocenters. The highest BCUT2D eigenvalue weighted by molar-refractivity contribution is 5.77. The Labute approximate surface area is 153 Å². The molecular weight excluding hydrogens is 330 g/mol. The Balaban J connectivity index is 1.77. The Hall–Kier alpha value is -2.18. The van der Waals surface area contributed by atoms with Crippen LogP contribution in [-0.2, 0) is 21.8 Å². The first-order chi connectivity index (χ1) is 12.5. The topological polar surface area (TPSA) is 62.3 Å². The average Bonchev–Trinajstić information content (AvgIpc) is 3.28. The van der Waals surface area contributed by atoms with Crippen LogP contribution >= 0.6 is 0 Å². The van der Waals surface area contributed by atoms with Crippen molar-refractivity contribution in [3.05, 3.63) is 48.7 Å². The van der Waals surface area contributed by atoms with Crippen molar-refractivity contribution < 1.29 is 13.9 Å². The van der Waals surface area contributed by atoms with E-state index < -0.39 is 5.79 Å². The number of rotatable bonds is 5. The van der Waals surface area contributed by atoms with Crippen LogP contribution in [-0.4, -0.2) is 27.5 Å². The van der Waals surface area contributed by atoms with Crippen LogP contribution in [0.3, 0.4) is 0 Å². The molecule has 2 unspecified atom stereocenters. The first-order valence-electron chi connectivity index (χ1n) is 9.16. The second kappa shape index (κ2) is 6.52. The Morgan fingerprint density at radius 2 is 2.12 bits per heavy atom. The molecule has 0 bridgehead atoms. The van der Waals surface area contributed by atoms with E-state index in [1.807, 2.05) is 30.3 Å². The van der Waals surface area contributed by atoms with Gasteiger partial charge in [0.15, 0.2) is 5.76 Å². The molecular formula is C20H25N3O3. The number of para-hydroxylation sites is 1. The summed E-state index contributed by atoms with van der Waals surface area (Å²) in [7, 11) is 0. The second-order valence-corrected chi connectivity index (χ2v) is 7.67. The third kappa shape index (κ3) is 3.04. The van der Waals surface area contributed by atoms with Crippen molar-refractivity contribution in [3.63, 3.8) is 0 Å². The summed E-state index contributed by atoms with van der Waals surface area (Å²) < 4.78 is 20.8. The highest BCUT2D eigenvalue weighted by atomic mass is 16.7. The van der Waals surface area contributed by atoms with Gasteiger partial charge in [0.25, 0.3) is 0 Å². The van der Waals surface area contributed by atoms with Crippen molar-refractivity contribution in [3.8, 4) is 0 Å². The number of benzene rings is 1. The molecule has 0 spiro atoms. The number of hydrogen-bond donors (Lipinski definition) is 0. The number of aromatic nitrogens is 3. The van der Waals surface area contributed by atoms with Gasteiger partial charge in [0, 0.05) is 10.8 Å². The molecule has 4 rings (SSSR count). The molecule has 1 aliphatic heterocycles. The van der Waals surface area contributed by atoms with Crippen molar-refractivity contribution in [1.82, 2.24) is 14.8 Å². The molecule has 3 heterocycles. The van der Waals surface area contributed by atoms with E-state index in [0.717, 1.165) is 23.8 Å². The van der Waals surface area contributed by atoms with Gasteiger partial charge in [-0.25, -0.2) is 9.67 Å². The van der Waals surface area contributed by atoms with Crippen LogP contribution in [0.4, 0.5) is 0 Å². The minimum atomic E-state index is -1.01. The number of fused-ring (bicyclic) bond motifs is 1. The van der Waals surface area contributed by atoms with Crippen LogP contribution in [0, 0.1) is 5.41 Å². The lowest BCUT2D eigenvalue weighted by molar-refractivity contribution is -0.351. The molecule has 0 N–H and O–H groups in total. The second-order valence-electron chi connectivity index (χ2n) is 7.67. The highest BCUT2D eigenvalue weighted by Crippen LogP contribution is 2.44. The summed E-state index contributed by atoms with van der Waals surface area (Å²) in [6.07, 6.45) is 5.27. The van der Waals surface area contributed by atoms with Crippen LogP contribution < -0.4 is 0 Å². The summed E-state index contributed by atoms with van der Waals surface area (Å²) in [4.78, 5) is 4.05. The Morgan fingerprint density at radius 3 is 2.85 bits per heavy atom. The van der Waals surface area contributed by atoms with E-state index >= 15 is 0 Å². The summed E-state index contributed by atoms with van der Waals surface area (Å²) in [6.45, 7) is 7.53. The molecule has 0 radical (unpaired) electrons. The summed E-state index contributed by atoms with van der Waals surface area (Å²) in [5.74, 6) is -0.340. The fraction of sp³-hybridized carbons (Fsp3) is 0.500. The summed E-state index contributed by atoms with van der Waals surface area (Å²) in [6, 6.07) is 9.95. The average molecular weight is 355 g/mol. The van der Waals surface area contributed by atoms with Crippen LogP contribution in [0.1, 0.15) is 39.4 Å². The molecule has 1 fully saturated rings. The predicted molar refractivity (Wildman–Crippen MR) is 97.4 cm³/mol. The van der Waals surface area contributed by atoms with Crippen LogP contribution in [0.15, 0.2) is 47.4 Å². The van der Waals surface area contributed by atoms with Gasteiger partial charge in [0.1, 0.15) is 24.8 Å². The van der Waals surface area contributed by atoms with E-state index in [-0.39, 0.29) is 11.5 Å². The van der Waals surface area contributed by atoms with Gasteiger partial charge in [-0.2, -0.15) is 5.10 Å². The molecule has 1 saturated heterocycles. The lowest BCUT2D eigenvalue weighted by atomic mass is 9.83. The van der Waals surface area contributed by atoms with Gasteiger partial charge in [0.2, 0.25) is 5.79 Å². The van der Waals surface area contributed by atoms with Crippen molar-refractivity contribution in [1.29, 1.82) is 0 Å². The third-order valence-electron chi connectivity index (χ3n) is 5.07. The van der Waals surface area contributed by atoms with Crippen molar-refractivity contribution >= 4 is 11.0 Å². The van der Waals surface area contributed by atoms with E-state index in [4.69, 9.17) is 13.9 Å². The standard InChI is InChI=1S/C20H25N3O3/c1-4-7-17-19(2,3)12-24-20(26-17,11-23-14-21-13-22-23)18-10-15-8-5-6-9-16(15)25-18/h5-6,8-10,13-14,17H,4,7,11-12H2,1-3H3. The minimum Gasteiger partial charge on any atom is -0.455 e. The molecule has 0 saturated carbocycles. The molecule has 0 amide bonds. The van der Waals surface area contributed by atoms with Crippen LogP contribution in [0.5, 0.6) is 0 Å². The first-order valence-corrected chi connectivity index (χ1v) is 9.16. The largest absolute Gasteiger partial charge is 0.455 e. The van der Waals surface area contributed by atoms with E-state index in [1.165, 1.54) is 6.33 Å². The van der Waals surface area contributed by atoms with Crippen molar-refractivity contribution in [2.24, 2.45) is 5.41 Å². The van der Waals surface area contributed by atoms with Crippen molar-refractivity contribution in [2.45, 2.75) is 52.0 Å². The van der Waals surface area contributed by atoms with Gasteiger partial charge in [-0.1, -0.05) is 45.4 Å². The molecule has 1 aliphatic rings. The maximum atomic E-state index is 6.61. The van der Waals surface area contributed by atoms with Crippen LogP contribution in [0.2, 0.25) is 0 Å². The van der Waals surface area contributed by atoms with Gasteiger partial charge in [-0.3, -0.25) is 0 Å². The quantitative estimate of drug-likeness (QED) is 0.689. The van der Waals surface area contributed by atoms with E-state index in [2.05, 4.69) is 30.9 Å². The van der Waals surface area contributed by atoms with Crippen molar-refractivity contribution in [2.75, 3.05) is 6.61 Å². The number of nitrogens with zero attached hydrogens (tertiary/aromatic N) is 3. The molecule has 0 aliphatic carbocycles. The van der Waals surface area contributed by atoms with Gasteiger partial charge in [-0.05, 0) is 18.6 Å². The molecule has 6 nitrogen and oxygen atoms in total. The lowest BCUT2D eigenvalue weighted by Gasteiger charge is -2.47. The van der Waals surface area contributed by atoms with Gasteiger partial charge >= 0.3 is 0 Å². The zero-order valence-electron chi connectivity index (χ0n) is 15.5. The van der Waals surface area contributed by atoms with E-state index in [1.54, 1.807) is 11.0 Å². The molecule has 26 heavy (non-hydrogen) atoms. The van der Waals surface area contributed by atoms with Crippen LogP contribution in [0.25, 0.3) is 11.0 Å². The molecule has 1 aromatic carbocycles. The van der Waals surface area contributed by atoms with E-state index in [9.17, 15) is 0 Å². The summed E-state index contributed by atoms with van der Waals surface area (Å²) in [5.41, 5.74) is 0.762. The fourth-order valence-electron chi connectivity index (χ4n) is 3.52. The Kier molecular flexibility index (Phi) is 4.32. The van der Waals surface area contributed by atoms with Gasteiger partial charge in [-0.15, -0.1) is 0 Å². The normalized spacial score (nSPS) is 25.6. The number of ether oxygens (including phenoxy) is 2. The fourth-order valence-corrected chi connectivity index (χ4v) is 3.52. The molecule has 2 aromatic heterocycles. The summed E-state index contributed by atoms with van der Waals surface area (Å²) >= 11 is 0. The smallest absolute Gasteiger partial charge is 0.249 e. The maximum Gasteiger partial charge on any atom is 0.249 e. The maximum absolute atomic E-state index is 6.61. The predicted octanol–water partition coefficient (Wildman–Crippen LogP) is 4.12. The molecule has 138 valence electrons. The summed E-state index contributed by atoms with van der Waals surface area (Å²) in [5, 5.41) is 5.28. The SMILES string of the molecule is CCCC1OC(Cn2cncn2)(c2cc3ccccc3o2)OCC1(C)C. The minimum absolute atomic E-state index is 0.0616. The number of furan rings is 1. The van der Waals surface area contributed by atoms with Gasteiger partial charge in [0.05, 0.1) is 12.7 Å². The Morgan fingerprint density at radius 1 is 1.27 bits per heavy atom. The molecule has 3 aromatic rings. The van der Waals surface area contributed by atoms with Gasteiger partial charge < -0.3 is 13.9 Å².